The van der Waals surface area contributed by atoms with E-state index in [1.165, 1.54) is 24.1 Å². The molecule has 0 unspecified atom stereocenters. The van der Waals surface area contributed by atoms with Crippen LogP contribution in [0.5, 0.6) is 17.5 Å². The second-order valence-electron chi connectivity index (χ2n) is 7.49. The number of hydrogen-bond donors (Lipinski definition) is 1. The quantitative estimate of drug-likeness (QED) is 0.385. The number of alkyl halides is 3. The Morgan fingerprint density at radius 2 is 1.88 bits per heavy atom. The molecule has 4 aromatic heterocycles. The van der Waals surface area contributed by atoms with Gasteiger partial charge < -0.3 is 19.3 Å². The highest BCUT2D eigenvalue weighted by Crippen LogP contribution is 2.35. The highest BCUT2D eigenvalue weighted by atomic mass is 19.4. The van der Waals surface area contributed by atoms with E-state index < -0.39 is 12.7 Å². The number of halogens is 3. The van der Waals surface area contributed by atoms with Gasteiger partial charge in [0.05, 0.1) is 42.2 Å². The topological polar surface area (TPSA) is 96.5 Å². The van der Waals surface area contributed by atoms with Crippen LogP contribution in [0.25, 0.3) is 27.8 Å². The number of methoxy groups -OCH3 is 2. The average molecular weight is 477 g/mol. The lowest BCUT2D eigenvalue weighted by Gasteiger charge is -2.11. The minimum atomic E-state index is -4.40. The van der Waals surface area contributed by atoms with Crippen LogP contribution >= 0.6 is 0 Å². The molecule has 4 heterocycles. The summed E-state index contributed by atoms with van der Waals surface area (Å²) in [4.78, 5) is 8.93. The molecule has 34 heavy (non-hydrogen) atoms. The molecule has 0 aliphatic heterocycles. The van der Waals surface area contributed by atoms with Gasteiger partial charge in [-0.15, -0.1) is 0 Å². The number of aromatic nitrogens is 5. The van der Waals surface area contributed by atoms with Crippen molar-refractivity contribution in [3.63, 3.8) is 0 Å². The van der Waals surface area contributed by atoms with Gasteiger partial charge in [0.15, 0.2) is 5.75 Å². The molecule has 0 saturated heterocycles. The van der Waals surface area contributed by atoms with E-state index in [4.69, 9.17) is 14.2 Å². The second kappa shape index (κ2) is 9.21. The molecule has 4 aromatic rings. The largest absolute Gasteiger partial charge is 0.494 e. The highest BCUT2D eigenvalue weighted by molar-refractivity contribution is 5.90. The predicted octanol–water partition coefficient (Wildman–Crippen LogP) is 3.89. The third kappa shape index (κ3) is 4.76. The van der Waals surface area contributed by atoms with Gasteiger partial charge in [-0.2, -0.15) is 18.3 Å². The Hall–Kier alpha value is -3.80. The molecule has 0 aliphatic rings. The molecular formula is C22H22F3N5O4. The van der Waals surface area contributed by atoms with Crippen molar-refractivity contribution in [3.8, 4) is 34.5 Å². The number of nitrogens with zero attached hydrogens (tertiary/aromatic N) is 5. The van der Waals surface area contributed by atoms with Gasteiger partial charge in [-0.3, -0.25) is 9.25 Å². The minimum Gasteiger partial charge on any atom is -0.494 e. The molecule has 0 saturated carbocycles. The fourth-order valence-electron chi connectivity index (χ4n) is 3.53. The van der Waals surface area contributed by atoms with E-state index in [0.717, 1.165) is 10.2 Å². The first-order valence-corrected chi connectivity index (χ1v) is 10.2. The van der Waals surface area contributed by atoms with Crippen LogP contribution in [0, 0.1) is 6.92 Å². The van der Waals surface area contributed by atoms with Crippen molar-refractivity contribution >= 4 is 10.9 Å². The summed E-state index contributed by atoms with van der Waals surface area (Å²) in [6.45, 7) is 1.29. The molecule has 4 rings (SSSR count). The van der Waals surface area contributed by atoms with Crippen LogP contribution in [-0.4, -0.2) is 63.0 Å². The van der Waals surface area contributed by atoms with Crippen molar-refractivity contribution in [3.05, 3.63) is 42.5 Å². The van der Waals surface area contributed by atoms with Crippen LogP contribution in [0.2, 0.25) is 0 Å². The fraction of sp³-hybridized carbons (Fsp3) is 0.318. The van der Waals surface area contributed by atoms with Crippen LogP contribution in [-0.2, 0) is 11.3 Å². The monoisotopic (exact) mass is 477 g/mol. The molecule has 0 amide bonds. The van der Waals surface area contributed by atoms with Crippen LogP contribution in [0.1, 0.15) is 5.56 Å². The van der Waals surface area contributed by atoms with Crippen molar-refractivity contribution in [2.24, 2.45) is 0 Å². The number of hydrogen-bond acceptors (Lipinski definition) is 7. The van der Waals surface area contributed by atoms with Crippen molar-refractivity contribution < 1.29 is 32.5 Å². The Labute approximate surface area is 192 Å². The average Bonchev–Trinajstić information content (AvgIpc) is 3.36. The Morgan fingerprint density at radius 3 is 2.59 bits per heavy atom. The number of fused-ring (bicyclic) bond motifs is 1. The summed E-state index contributed by atoms with van der Waals surface area (Å²) < 4.78 is 56.0. The summed E-state index contributed by atoms with van der Waals surface area (Å²) in [6.07, 6.45) is 1.19. The first kappa shape index (κ1) is 23.4. The van der Waals surface area contributed by atoms with Crippen LogP contribution in [0.3, 0.4) is 0 Å². The Morgan fingerprint density at radius 1 is 1.09 bits per heavy atom. The molecule has 1 N–H and O–H groups in total. The summed E-state index contributed by atoms with van der Waals surface area (Å²) in [6, 6.07) is 3.52. The zero-order valence-electron chi connectivity index (χ0n) is 18.6. The lowest BCUT2D eigenvalue weighted by molar-refractivity contribution is -0.142. The van der Waals surface area contributed by atoms with E-state index in [0.29, 0.717) is 47.0 Å². The maximum Gasteiger partial charge on any atom is 0.408 e. The van der Waals surface area contributed by atoms with Crippen LogP contribution in [0.15, 0.2) is 36.9 Å². The predicted molar refractivity (Wildman–Crippen MR) is 116 cm³/mol. The maximum atomic E-state index is 12.7. The van der Waals surface area contributed by atoms with Crippen LogP contribution in [0.4, 0.5) is 13.2 Å². The molecule has 180 valence electrons. The van der Waals surface area contributed by atoms with E-state index >= 15 is 0 Å². The number of pyridine rings is 2. The number of aromatic hydroxyl groups is 1. The Balaban J connectivity index is 1.69. The maximum absolute atomic E-state index is 12.7. The molecule has 0 atom stereocenters. The first-order chi connectivity index (χ1) is 16.2. The molecular weight excluding hydrogens is 455 g/mol. The first-order valence-electron chi connectivity index (χ1n) is 10.2. The normalized spacial score (nSPS) is 11.8. The fourth-order valence-corrected chi connectivity index (χ4v) is 3.53. The molecule has 0 aliphatic carbocycles. The number of ether oxygens (including phenoxy) is 3. The SMILES string of the molecule is COCCOc1ncc(-c2cc(C)c3c(O)n(-c4cnn(CC(F)(F)F)c4)cc3n2)cc1OC. The second-order valence-corrected chi connectivity index (χ2v) is 7.49. The molecule has 0 fully saturated rings. The van der Waals surface area contributed by atoms with Gasteiger partial charge in [0, 0.05) is 31.3 Å². The molecule has 0 spiro atoms. The summed E-state index contributed by atoms with van der Waals surface area (Å²) >= 11 is 0. The lowest BCUT2D eigenvalue weighted by atomic mass is 10.1. The lowest BCUT2D eigenvalue weighted by Crippen LogP contribution is -2.17. The smallest absolute Gasteiger partial charge is 0.408 e. The van der Waals surface area contributed by atoms with Crippen LogP contribution < -0.4 is 9.47 Å². The van der Waals surface area contributed by atoms with Gasteiger partial charge in [0.25, 0.3) is 5.88 Å². The zero-order chi connectivity index (χ0) is 24.5. The van der Waals surface area contributed by atoms with E-state index in [2.05, 4.69) is 15.1 Å². The molecule has 9 nitrogen and oxygen atoms in total. The van der Waals surface area contributed by atoms with Gasteiger partial charge in [0.2, 0.25) is 5.88 Å². The summed E-state index contributed by atoms with van der Waals surface area (Å²) in [5.41, 5.74) is 2.69. The molecule has 0 aromatic carbocycles. The summed E-state index contributed by atoms with van der Waals surface area (Å²) in [7, 11) is 3.07. The summed E-state index contributed by atoms with van der Waals surface area (Å²) in [5, 5.41) is 15.0. The van der Waals surface area contributed by atoms with Crippen molar-refractivity contribution in [2.45, 2.75) is 19.6 Å². The Bertz CT molecular complexity index is 1320. The number of rotatable bonds is 8. The van der Waals surface area contributed by atoms with Gasteiger partial charge in [-0.25, -0.2) is 9.97 Å². The van der Waals surface area contributed by atoms with Crippen molar-refractivity contribution in [1.29, 1.82) is 0 Å². The van der Waals surface area contributed by atoms with Crippen molar-refractivity contribution in [1.82, 2.24) is 24.3 Å². The van der Waals surface area contributed by atoms with Gasteiger partial charge in [-0.1, -0.05) is 0 Å². The van der Waals surface area contributed by atoms with E-state index in [9.17, 15) is 18.3 Å². The van der Waals surface area contributed by atoms with Gasteiger partial charge in [0.1, 0.15) is 13.2 Å². The Kier molecular flexibility index (Phi) is 6.33. The third-order valence-corrected chi connectivity index (χ3v) is 5.05. The van der Waals surface area contributed by atoms with E-state index in [-0.39, 0.29) is 11.6 Å². The van der Waals surface area contributed by atoms with Gasteiger partial charge in [-0.05, 0) is 24.6 Å². The zero-order valence-corrected chi connectivity index (χ0v) is 18.6. The third-order valence-electron chi connectivity index (χ3n) is 5.05. The standard InChI is InChI=1S/C22H22F3N5O4/c1-13-6-16(14-7-18(33-3)20(26-8-14)34-5-4-32-2)28-17-11-30(21(31)19(13)17)15-9-27-29(10-15)12-22(23,24)25/h6-11,31H,4-5,12H2,1-3H3. The van der Waals surface area contributed by atoms with E-state index in [1.54, 1.807) is 38.6 Å². The summed E-state index contributed by atoms with van der Waals surface area (Å²) in [5.74, 6) is 0.599. The molecule has 12 heteroatoms. The van der Waals surface area contributed by atoms with Gasteiger partial charge >= 0.3 is 6.18 Å². The number of aryl methyl sites for hydroxylation is 1. The highest BCUT2D eigenvalue weighted by Gasteiger charge is 2.28. The molecule has 0 radical (unpaired) electrons. The van der Waals surface area contributed by atoms with E-state index in [1.807, 2.05) is 0 Å². The van der Waals surface area contributed by atoms with Crippen molar-refractivity contribution in [2.75, 3.05) is 27.4 Å². The minimum absolute atomic E-state index is 0.143. The molecule has 0 bridgehead atoms.